The number of amides is 1. The molecule has 1 saturated carbocycles. The van der Waals surface area contributed by atoms with Crippen molar-refractivity contribution in [1.82, 2.24) is 9.78 Å². The Morgan fingerprint density at radius 1 is 1.29 bits per heavy atom. The predicted octanol–water partition coefficient (Wildman–Crippen LogP) is 4.83. The Labute approximate surface area is 147 Å². The monoisotopic (exact) mass is 343 g/mol. The minimum Gasteiger partial charge on any atom is -0.306 e. The van der Waals surface area contributed by atoms with Gasteiger partial charge in [0.2, 0.25) is 0 Å². The van der Waals surface area contributed by atoms with Crippen molar-refractivity contribution in [3.05, 3.63) is 33.6 Å². The zero-order chi connectivity index (χ0) is 16.5. The van der Waals surface area contributed by atoms with Crippen LogP contribution in [0.2, 0.25) is 0 Å². The fourth-order valence-corrected chi connectivity index (χ4v) is 4.80. The predicted molar refractivity (Wildman–Crippen MR) is 97.8 cm³/mol. The summed E-state index contributed by atoms with van der Waals surface area (Å²) in [5.74, 6) is 1.54. The van der Waals surface area contributed by atoms with Gasteiger partial charge in [0, 0.05) is 10.9 Å². The van der Waals surface area contributed by atoms with Crippen LogP contribution in [-0.2, 0) is 12.8 Å². The first-order valence-corrected chi connectivity index (χ1v) is 10.0. The average Bonchev–Trinajstić information content (AvgIpc) is 3.19. The lowest BCUT2D eigenvalue weighted by Crippen LogP contribution is -2.17. The average molecular weight is 343 g/mol. The highest BCUT2D eigenvalue weighted by Crippen LogP contribution is 2.40. The number of fused-ring (bicyclic) bond motifs is 1. The Morgan fingerprint density at radius 2 is 2.08 bits per heavy atom. The molecule has 0 aliphatic heterocycles. The smallest absolute Gasteiger partial charge is 0.266 e. The number of thiophene rings is 1. The van der Waals surface area contributed by atoms with Crippen molar-refractivity contribution < 1.29 is 4.79 Å². The van der Waals surface area contributed by atoms with Crippen molar-refractivity contribution in [2.45, 2.75) is 64.3 Å². The number of hydrogen-bond acceptors (Lipinski definition) is 3. The summed E-state index contributed by atoms with van der Waals surface area (Å²) in [7, 11) is 0. The molecular formula is C19H25N3OS. The molecular weight excluding hydrogens is 318 g/mol. The van der Waals surface area contributed by atoms with E-state index >= 15 is 0 Å². The van der Waals surface area contributed by atoms with E-state index in [0.29, 0.717) is 12.0 Å². The lowest BCUT2D eigenvalue weighted by molar-refractivity contribution is 0.102. The Hall–Kier alpha value is -1.62. The first-order chi connectivity index (χ1) is 11.7. The summed E-state index contributed by atoms with van der Waals surface area (Å²) in [5, 5.41) is 7.50. The summed E-state index contributed by atoms with van der Waals surface area (Å²) >= 11 is 1.68. The topological polar surface area (TPSA) is 46.9 Å². The summed E-state index contributed by atoms with van der Waals surface area (Å²) in [6, 6.07) is 4.38. The van der Waals surface area contributed by atoms with Gasteiger partial charge in [-0.3, -0.25) is 4.79 Å². The Balaban J connectivity index is 1.50. The molecule has 24 heavy (non-hydrogen) atoms. The van der Waals surface area contributed by atoms with Crippen LogP contribution in [0.3, 0.4) is 0 Å². The molecule has 2 aliphatic carbocycles. The van der Waals surface area contributed by atoms with Gasteiger partial charge in [0.15, 0.2) is 0 Å². The highest BCUT2D eigenvalue weighted by atomic mass is 32.1. The van der Waals surface area contributed by atoms with E-state index in [9.17, 15) is 4.79 Å². The van der Waals surface area contributed by atoms with Crippen LogP contribution < -0.4 is 5.32 Å². The third-order valence-electron chi connectivity index (χ3n) is 5.32. The van der Waals surface area contributed by atoms with E-state index in [4.69, 9.17) is 0 Å². The van der Waals surface area contributed by atoms with E-state index in [2.05, 4.69) is 23.4 Å². The standard InChI is InChI=1S/C19H25N3OS/c1-13(14-8-9-14)22-18(10-11-20-22)21-19(23)17-12-15-6-4-2-3-5-7-16(15)24-17/h10-14H,2-9H2,1H3,(H,21,23). The second-order valence-electron chi connectivity index (χ2n) is 7.17. The molecule has 4 rings (SSSR count). The van der Waals surface area contributed by atoms with Gasteiger partial charge in [0.1, 0.15) is 5.82 Å². The van der Waals surface area contributed by atoms with Crippen LogP contribution in [0.5, 0.6) is 0 Å². The summed E-state index contributed by atoms with van der Waals surface area (Å²) in [4.78, 5) is 15.0. The minimum absolute atomic E-state index is 0.0106. The fourth-order valence-electron chi connectivity index (χ4n) is 3.65. The molecule has 5 heteroatoms. The SMILES string of the molecule is CC(C1CC1)n1nccc1NC(=O)c1cc2c(s1)CCCCCC2. The van der Waals surface area contributed by atoms with Gasteiger partial charge < -0.3 is 5.32 Å². The summed E-state index contributed by atoms with van der Waals surface area (Å²) in [5.41, 5.74) is 1.39. The molecule has 2 aromatic rings. The molecule has 0 radical (unpaired) electrons. The first kappa shape index (κ1) is 15.9. The van der Waals surface area contributed by atoms with Crippen LogP contribution in [0.15, 0.2) is 18.3 Å². The summed E-state index contributed by atoms with van der Waals surface area (Å²) < 4.78 is 1.97. The third kappa shape index (κ3) is 3.27. The van der Waals surface area contributed by atoms with Crippen LogP contribution in [0, 0.1) is 5.92 Å². The maximum Gasteiger partial charge on any atom is 0.266 e. The Bertz CT molecular complexity index is 703. The van der Waals surface area contributed by atoms with Crippen LogP contribution in [0.1, 0.15) is 71.6 Å². The molecule has 0 aromatic carbocycles. The zero-order valence-corrected chi connectivity index (χ0v) is 15.1. The highest BCUT2D eigenvalue weighted by Gasteiger charge is 2.31. The minimum atomic E-state index is 0.0106. The third-order valence-corrected chi connectivity index (χ3v) is 6.56. The molecule has 128 valence electrons. The molecule has 2 aromatic heterocycles. The largest absolute Gasteiger partial charge is 0.306 e. The van der Waals surface area contributed by atoms with Gasteiger partial charge in [-0.1, -0.05) is 12.8 Å². The maximum absolute atomic E-state index is 12.7. The van der Waals surface area contributed by atoms with E-state index < -0.39 is 0 Å². The lowest BCUT2D eigenvalue weighted by atomic mass is 10.00. The van der Waals surface area contributed by atoms with Crippen molar-refractivity contribution >= 4 is 23.1 Å². The fraction of sp³-hybridized carbons (Fsp3) is 0.579. The van der Waals surface area contributed by atoms with Crippen molar-refractivity contribution in [3.8, 4) is 0 Å². The van der Waals surface area contributed by atoms with E-state index in [1.807, 2.05) is 10.7 Å². The van der Waals surface area contributed by atoms with E-state index in [0.717, 1.165) is 23.5 Å². The van der Waals surface area contributed by atoms with Crippen LogP contribution in [0.4, 0.5) is 5.82 Å². The second-order valence-corrected chi connectivity index (χ2v) is 8.30. The van der Waals surface area contributed by atoms with Crippen LogP contribution in [0.25, 0.3) is 0 Å². The number of aromatic nitrogens is 2. The first-order valence-electron chi connectivity index (χ1n) is 9.19. The van der Waals surface area contributed by atoms with Crippen LogP contribution in [-0.4, -0.2) is 15.7 Å². The van der Waals surface area contributed by atoms with Crippen molar-refractivity contribution in [3.63, 3.8) is 0 Å². The Morgan fingerprint density at radius 3 is 2.88 bits per heavy atom. The van der Waals surface area contributed by atoms with Gasteiger partial charge in [0.25, 0.3) is 5.91 Å². The zero-order valence-electron chi connectivity index (χ0n) is 14.3. The van der Waals surface area contributed by atoms with Crippen molar-refractivity contribution in [2.75, 3.05) is 5.32 Å². The van der Waals surface area contributed by atoms with Crippen molar-refractivity contribution in [2.24, 2.45) is 5.92 Å². The molecule has 4 nitrogen and oxygen atoms in total. The summed E-state index contributed by atoms with van der Waals surface area (Å²) in [6.45, 7) is 2.19. The number of nitrogens with one attached hydrogen (secondary N) is 1. The lowest BCUT2D eigenvalue weighted by Gasteiger charge is -2.15. The number of carbonyl (C=O) groups excluding carboxylic acids is 1. The normalized spacial score (nSPS) is 19.2. The van der Waals surface area contributed by atoms with E-state index in [1.165, 1.54) is 49.0 Å². The number of aryl methyl sites for hydroxylation is 2. The Kier molecular flexibility index (Phi) is 4.44. The van der Waals surface area contributed by atoms with E-state index in [-0.39, 0.29) is 5.91 Å². The van der Waals surface area contributed by atoms with Crippen molar-refractivity contribution in [1.29, 1.82) is 0 Å². The highest BCUT2D eigenvalue weighted by molar-refractivity contribution is 7.14. The van der Waals surface area contributed by atoms with Gasteiger partial charge >= 0.3 is 0 Å². The molecule has 1 fully saturated rings. The number of nitrogens with zero attached hydrogens (tertiary/aromatic N) is 2. The van der Waals surface area contributed by atoms with Gasteiger partial charge in [-0.25, -0.2) is 4.68 Å². The molecule has 1 amide bonds. The molecule has 1 N–H and O–H groups in total. The molecule has 1 atom stereocenters. The number of hydrogen-bond donors (Lipinski definition) is 1. The molecule has 0 bridgehead atoms. The molecule has 2 heterocycles. The number of rotatable bonds is 4. The number of anilines is 1. The quantitative estimate of drug-likeness (QED) is 0.864. The molecule has 1 unspecified atom stereocenters. The van der Waals surface area contributed by atoms with Gasteiger partial charge in [-0.05, 0) is 63.0 Å². The molecule has 0 saturated heterocycles. The summed E-state index contributed by atoms with van der Waals surface area (Å²) in [6.07, 6.45) is 11.7. The van der Waals surface area contributed by atoms with Gasteiger partial charge in [-0.15, -0.1) is 11.3 Å². The second kappa shape index (κ2) is 6.71. The maximum atomic E-state index is 12.7. The molecule has 0 spiro atoms. The molecule has 2 aliphatic rings. The van der Waals surface area contributed by atoms with Gasteiger partial charge in [0.05, 0.1) is 17.1 Å². The van der Waals surface area contributed by atoms with E-state index in [1.54, 1.807) is 17.5 Å². The van der Waals surface area contributed by atoms with Crippen LogP contribution >= 0.6 is 11.3 Å². The number of carbonyl (C=O) groups is 1. The van der Waals surface area contributed by atoms with Gasteiger partial charge in [-0.2, -0.15) is 5.10 Å².